The lowest BCUT2D eigenvalue weighted by molar-refractivity contribution is 0.0625. The number of ether oxygens (including phenoxy) is 1. The summed E-state index contributed by atoms with van der Waals surface area (Å²) >= 11 is 0. The Morgan fingerprint density at radius 2 is 2.03 bits per heavy atom. The molecular formula is C28H33N7O3. The van der Waals surface area contributed by atoms with Crippen molar-refractivity contribution in [3.63, 3.8) is 0 Å². The van der Waals surface area contributed by atoms with E-state index in [2.05, 4.69) is 26.7 Å². The van der Waals surface area contributed by atoms with Crippen molar-refractivity contribution in [2.75, 3.05) is 44.6 Å². The lowest BCUT2D eigenvalue weighted by Crippen LogP contribution is -2.48. The van der Waals surface area contributed by atoms with Gasteiger partial charge in [0, 0.05) is 49.2 Å². The number of carbonyl (C=O) groups is 2. The predicted octanol–water partition coefficient (Wildman–Crippen LogP) is 3.69. The average molecular weight is 516 g/mol. The number of likely N-dealkylation sites (tertiary alicyclic amines) is 1. The van der Waals surface area contributed by atoms with E-state index < -0.39 is 0 Å². The molecular weight excluding hydrogens is 482 g/mol. The number of rotatable bonds is 5. The molecule has 3 aliphatic rings. The van der Waals surface area contributed by atoms with Gasteiger partial charge in [0.05, 0.1) is 12.1 Å². The van der Waals surface area contributed by atoms with E-state index in [9.17, 15) is 9.59 Å². The number of hydrogen-bond acceptors (Lipinski definition) is 7. The van der Waals surface area contributed by atoms with E-state index in [-0.39, 0.29) is 17.5 Å². The second-order valence-electron chi connectivity index (χ2n) is 10.2. The Morgan fingerprint density at radius 3 is 2.76 bits per heavy atom. The predicted molar refractivity (Wildman–Crippen MR) is 144 cm³/mol. The van der Waals surface area contributed by atoms with Gasteiger partial charge >= 0.3 is 6.09 Å². The zero-order valence-corrected chi connectivity index (χ0v) is 21.7. The zero-order valence-electron chi connectivity index (χ0n) is 21.7. The second kappa shape index (κ2) is 10.1. The molecule has 0 radical (unpaired) electrons. The van der Waals surface area contributed by atoms with Crippen LogP contribution in [0.1, 0.15) is 48.5 Å². The zero-order chi connectivity index (χ0) is 26.1. The summed E-state index contributed by atoms with van der Waals surface area (Å²) in [5.41, 5.74) is 4.39. The van der Waals surface area contributed by atoms with Crippen LogP contribution in [0.15, 0.2) is 48.7 Å². The van der Waals surface area contributed by atoms with Crippen LogP contribution in [0.4, 0.5) is 16.4 Å². The van der Waals surface area contributed by atoms with E-state index in [4.69, 9.17) is 9.72 Å². The summed E-state index contributed by atoms with van der Waals surface area (Å²) < 4.78 is 6.88. The van der Waals surface area contributed by atoms with E-state index >= 15 is 0 Å². The van der Waals surface area contributed by atoms with Crippen LogP contribution in [-0.4, -0.2) is 81.3 Å². The Balaban J connectivity index is 1.16. The molecule has 2 amide bonds. The van der Waals surface area contributed by atoms with Crippen LogP contribution in [0.5, 0.6) is 0 Å². The van der Waals surface area contributed by atoms with Crippen LogP contribution in [0.3, 0.4) is 0 Å². The van der Waals surface area contributed by atoms with Crippen molar-refractivity contribution in [1.82, 2.24) is 29.7 Å². The molecule has 0 bridgehead atoms. The molecule has 3 aromatic rings. The van der Waals surface area contributed by atoms with E-state index in [1.807, 2.05) is 49.5 Å². The summed E-state index contributed by atoms with van der Waals surface area (Å²) in [7, 11) is 0. The van der Waals surface area contributed by atoms with Crippen LogP contribution in [0.25, 0.3) is 11.2 Å². The highest BCUT2D eigenvalue weighted by molar-refractivity contribution is 5.95. The molecule has 1 atom stereocenters. The van der Waals surface area contributed by atoms with Crippen molar-refractivity contribution in [3.05, 3.63) is 59.8 Å². The Kier molecular flexibility index (Phi) is 6.49. The second-order valence-corrected chi connectivity index (χ2v) is 10.2. The van der Waals surface area contributed by atoms with E-state index in [0.29, 0.717) is 31.2 Å². The molecule has 10 heteroatoms. The number of aromatic nitrogens is 3. The summed E-state index contributed by atoms with van der Waals surface area (Å²) in [4.78, 5) is 33.8. The van der Waals surface area contributed by atoms with Gasteiger partial charge in [0.1, 0.15) is 0 Å². The van der Waals surface area contributed by atoms with Crippen LogP contribution in [0.2, 0.25) is 0 Å². The number of nitrogens with zero attached hydrogens (tertiary/aromatic N) is 5. The van der Waals surface area contributed by atoms with E-state index in [1.165, 1.54) is 0 Å². The van der Waals surface area contributed by atoms with Crippen LogP contribution in [-0.2, 0) is 4.74 Å². The maximum Gasteiger partial charge on any atom is 0.410 e. The van der Waals surface area contributed by atoms with Crippen molar-refractivity contribution in [1.29, 1.82) is 0 Å². The molecule has 38 heavy (non-hydrogen) atoms. The summed E-state index contributed by atoms with van der Waals surface area (Å²) in [5, 5.41) is 11.3. The SMILES string of the molecule is CCOC(=O)N1CC=C(c2cccn3nc(Nc4ccc(C(=O)N5CCCC56CCNC6)cc4)nc23)CC1. The number of fused-ring (bicyclic) bond motifs is 1. The van der Waals surface area contributed by atoms with Gasteiger partial charge in [-0.3, -0.25) is 4.79 Å². The first-order chi connectivity index (χ1) is 18.6. The number of hydrogen-bond donors (Lipinski definition) is 2. The molecule has 1 spiro atoms. The summed E-state index contributed by atoms with van der Waals surface area (Å²) in [6.07, 6.45) is 7.54. The number of carbonyl (C=O) groups excluding carboxylic acids is 2. The standard InChI is InChI=1S/C28H33N7O3/c1-2-38-27(37)33-17-10-20(11-18-33)23-5-3-16-35-24(23)31-26(32-35)30-22-8-6-21(7-9-22)25(36)34-15-4-12-28(34)13-14-29-19-28/h3,5-10,16,29H,2,4,11-15,17-19H2,1H3,(H,30,32). The molecule has 10 nitrogen and oxygen atoms in total. The molecule has 0 aliphatic carbocycles. The summed E-state index contributed by atoms with van der Waals surface area (Å²) in [6.45, 7) is 5.98. The Morgan fingerprint density at radius 1 is 1.16 bits per heavy atom. The fourth-order valence-electron chi connectivity index (χ4n) is 5.91. The minimum atomic E-state index is -0.279. The van der Waals surface area contributed by atoms with Crippen molar-refractivity contribution >= 4 is 34.9 Å². The number of pyridine rings is 1. The molecule has 2 fully saturated rings. The van der Waals surface area contributed by atoms with Crippen molar-refractivity contribution in [2.45, 2.75) is 38.1 Å². The normalized spacial score (nSPS) is 21.2. The number of anilines is 2. The lowest BCUT2D eigenvalue weighted by Gasteiger charge is -2.34. The number of amides is 2. The van der Waals surface area contributed by atoms with Gasteiger partial charge in [0.2, 0.25) is 5.95 Å². The molecule has 5 heterocycles. The van der Waals surface area contributed by atoms with E-state index in [1.54, 1.807) is 9.42 Å². The highest BCUT2D eigenvalue weighted by Crippen LogP contribution is 2.35. The molecule has 0 saturated carbocycles. The van der Waals surface area contributed by atoms with Gasteiger partial charge in [-0.15, -0.1) is 5.10 Å². The Bertz CT molecular complexity index is 1370. The lowest BCUT2D eigenvalue weighted by atomic mass is 9.94. The molecule has 1 aromatic carbocycles. The average Bonchev–Trinajstić information content (AvgIpc) is 3.69. The number of benzene rings is 1. The molecule has 2 aromatic heterocycles. The van der Waals surface area contributed by atoms with Crippen LogP contribution >= 0.6 is 0 Å². The molecule has 2 N–H and O–H groups in total. The van der Waals surface area contributed by atoms with Gasteiger partial charge in [-0.25, -0.2) is 9.31 Å². The van der Waals surface area contributed by atoms with Crippen molar-refractivity contribution < 1.29 is 14.3 Å². The third kappa shape index (κ3) is 4.49. The van der Waals surface area contributed by atoms with Gasteiger partial charge in [0.25, 0.3) is 5.91 Å². The van der Waals surface area contributed by atoms with Gasteiger partial charge in [0.15, 0.2) is 5.65 Å². The van der Waals surface area contributed by atoms with Crippen LogP contribution < -0.4 is 10.6 Å². The van der Waals surface area contributed by atoms with Gasteiger partial charge in [-0.05, 0) is 81.1 Å². The monoisotopic (exact) mass is 515 g/mol. The molecule has 3 aliphatic heterocycles. The topological polar surface area (TPSA) is 104 Å². The van der Waals surface area contributed by atoms with Gasteiger partial charge < -0.3 is 25.2 Å². The Labute approximate surface area is 221 Å². The molecule has 2 saturated heterocycles. The molecule has 1 unspecified atom stereocenters. The largest absolute Gasteiger partial charge is 0.450 e. The van der Waals surface area contributed by atoms with Gasteiger partial charge in [-0.1, -0.05) is 6.08 Å². The smallest absolute Gasteiger partial charge is 0.410 e. The first kappa shape index (κ1) is 24.4. The highest BCUT2D eigenvalue weighted by atomic mass is 16.6. The molecule has 198 valence electrons. The van der Waals surface area contributed by atoms with Gasteiger partial charge in [-0.2, -0.15) is 4.98 Å². The Hall–Kier alpha value is -3.92. The van der Waals surface area contributed by atoms with Crippen molar-refractivity contribution in [2.24, 2.45) is 0 Å². The number of nitrogens with one attached hydrogen (secondary N) is 2. The fraction of sp³-hybridized carbons (Fsp3) is 0.429. The first-order valence-electron chi connectivity index (χ1n) is 13.4. The third-order valence-electron chi connectivity index (χ3n) is 7.89. The van der Waals surface area contributed by atoms with Crippen molar-refractivity contribution in [3.8, 4) is 0 Å². The minimum absolute atomic E-state index is 0.0168. The van der Waals surface area contributed by atoms with Crippen LogP contribution in [0, 0.1) is 0 Å². The van der Waals surface area contributed by atoms with E-state index in [0.717, 1.165) is 67.8 Å². The minimum Gasteiger partial charge on any atom is -0.450 e. The fourth-order valence-corrected chi connectivity index (χ4v) is 5.91. The molecule has 6 rings (SSSR count). The quantitative estimate of drug-likeness (QED) is 0.534. The highest BCUT2D eigenvalue weighted by Gasteiger charge is 2.45. The maximum atomic E-state index is 13.3. The summed E-state index contributed by atoms with van der Waals surface area (Å²) in [6, 6.07) is 11.5. The third-order valence-corrected chi connectivity index (χ3v) is 7.89. The maximum absolute atomic E-state index is 13.3. The first-order valence-corrected chi connectivity index (χ1v) is 13.4. The summed E-state index contributed by atoms with van der Waals surface area (Å²) in [5.74, 6) is 0.590.